The maximum absolute atomic E-state index is 15.8. The third-order valence-corrected chi connectivity index (χ3v) is 9.33. The fourth-order valence-corrected chi connectivity index (χ4v) is 6.97. The number of pyridine rings is 2. The Labute approximate surface area is 270 Å². The van der Waals surface area contributed by atoms with Gasteiger partial charge in [-0.1, -0.05) is 0 Å². The third-order valence-electron chi connectivity index (χ3n) is 9.33. The minimum absolute atomic E-state index is 0.285. The van der Waals surface area contributed by atoms with E-state index in [4.69, 9.17) is 19.4 Å². The van der Waals surface area contributed by atoms with Gasteiger partial charge in [-0.2, -0.15) is 0 Å². The number of carbonyl (C=O) groups is 1. The molecule has 0 bridgehead atoms. The van der Waals surface area contributed by atoms with Gasteiger partial charge < -0.3 is 28.9 Å². The number of nitrogens with zero attached hydrogens (tertiary/aromatic N) is 5. The van der Waals surface area contributed by atoms with E-state index in [0.717, 1.165) is 59.5 Å². The van der Waals surface area contributed by atoms with E-state index in [1.54, 1.807) is 6.92 Å². The monoisotopic (exact) mass is 629 g/mol. The molecule has 46 heavy (non-hydrogen) atoms. The Bertz CT molecular complexity index is 1830. The lowest BCUT2D eigenvalue weighted by Crippen LogP contribution is -2.31. The molecular weight excluding hydrogens is 585 g/mol. The van der Waals surface area contributed by atoms with Gasteiger partial charge in [-0.3, -0.25) is 0 Å². The second-order valence-corrected chi connectivity index (χ2v) is 13.8. The molecule has 1 fully saturated rings. The van der Waals surface area contributed by atoms with Crippen LogP contribution in [0.5, 0.6) is 5.75 Å². The largest absolute Gasteiger partial charge is 0.490 e. The number of carboxylic acid groups (broad SMARTS) is 1. The lowest BCUT2D eigenvalue weighted by Gasteiger charge is -2.29. The maximum Gasteiger partial charge on any atom is 0.337 e. The van der Waals surface area contributed by atoms with Crippen molar-refractivity contribution in [1.29, 1.82) is 0 Å². The van der Waals surface area contributed by atoms with Crippen molar-refractivity contribution in [1.82, 2.24) is 19.4 Å². The van der Waals surface area contributed by atoms with Gasteiger partial charge in [0.05, 0.1) is 17.9 Å². The highest BCUT2D eigenvalue weighted by Crippen LogP contribution is 2.45. The van der Waals surface area contributed by atoms with Crippen LogP contribution in [0.3, 0.4) is 0 Å². The Morgan fingerprint density at radius 3 is 2.65 bits per heavy atom. The highest BCUT2D eigenvalue weighted by atomic mass is 19.1. The first-order chi connectivity index (χ1) is 21.7. The molecule has 1 saturated heterocycles. The van der Waals surface area contributed by atoms with Crippen LogP contribution in [0.15, 0.2) is 30.5 Å². The summed E-state index contributed by atoms with van der Waals surface area (Å²) in [6.07, 6.45) is 3.05. The van der Waals surface area contributed by atoms with Crippen LogP contribution in [0.2, 0.25) is 0 Å². The standard InChI is InChI=1S/C36H44FN5O4/c1-20-24-10-9-15-45-32(24)27(37)17-25(20)31-26-18-28(22-11-13-38-29(16-22)42-14-12-23(19-42)40(6)7)41(8)34(26)39-21(2)30(31)33(35(43)44)46-36(3,4)5/h11,13,16-18,23,33H,9-10,12,14-15,19H2,1-8H3,(H,43,44)/t23-,33+/m1/s1. The summed E-state index contributed by atoms with van der Waals surface area (Å²) < 4.78 is 29.7. The molecule has 1 N–H and O–H groups in total. The summed E-state index contributed by atoms with van der Waals surface area (Å²) in [5.41, 5.74) is 5.64. The molecule has 2 atom stereocenters. The van der Waals surface area contributed by atoms with Crippen molar-refractivity contribution in [3.05, 3.63) is 58.7 Å². The number of hydrogen-bond donors (Lipinski definition) is 1. The molecule has 10 heteroatoms. The summed E-state index contributed by atoms with van der Waals surface area (Å²) in [7, 11) is 6.18. The first-order valence-corrected chi connectivity index (χ1v) is 16.0. The average molecular weight is 630 g/mol. The molecule has 6 rings (SSSR count). The molecule has 0 saturated carbocycles. The van der Waals surface area contributed by atoms with Gasteiger partial charge in [-0.05, 0) is 103 Å². The molecule has 244 valence electrons. The Hall–Kier alpha value is -4.02. The number of rotatable bonds is 7. The van der Waals surface area contributed by atoms with E-state index in [9.17, 15) is 9.90 Å². The Balaban J connectivity index is 1.60. The summed E-state index contributed by atoms with van der Waals surface area (Å²) >= 11 is 0. The van der Waals surface area contributed by atoms with Crippen LogP contribution in [0, 0.1) is 19.7 Å². The van der Waals surface area contributed by atoms with Crippen molar-refractivity contribution in [3.63, 3.8) is 0 Å². The number of likely N-dealkylation sites (N-methyl/N-ethyl adjacent to an activating group) is 1. The van der Waals surface area contributed by atoms with Gasteiger partial charge in [0.1, 0.15) is 11.5 Å². The lowest BCUT2D eigenvalue weighted by atomic mass is 9.86. The van der Waals surface area contributed by atoms with Gasteiger partial charge in [-0.25, -0.2) is 19.2 Å². The molecule has 0 aliphatic carbocycles. The summed E-state index contributed by atoms with van der Waals surface area (Å²) in [4.78, 5) is 27.1. The van der Waals surface area contributed by atoms with Gasteiger partial charge >= 0.3 is 5.97 Å². The molecule has 9 nitrogen and oxygen atoms in total. The Morgan fingerprint density at radius 1 is 1.22 bits per heavy atom. The number of halogens is 1. The number of carboxylic acids is 1. The van der Waals surface area contributed by atoms with Crippen LogP contribution >= 0.6 is 0 Å². The third kappa shape index (κ3) is 5.73. The van der Waals surface area contributed by atoms with E-state index >= 15 is 4.39 Å². The minimum atomic E-state index is -1.32. The molecule has 0 radical (unpaired) electrons. The van der Waals surface area contributed by atoms with Crippen molar-refractivity contribution in [2.45, 2.75) is 71.6 Å². The fraction of sp³-hybridized carbons (Fsp3) is 0.472. The van der Waals surface area contributed by atoms with E-state index in [1.807, 2.05) is 57.6 Å². The van der Waals surface area contributed by atoms with Crippen molar-refractivity contribution in [3.8, 4) is 28.1 Å². The number of anilines is 1. The molecular formula is C36H44FN5O4. The Kier molecular flexibility index (Phi) is 8.31. The zero-order valence-corrected chi connectivity index (χ0v) is 28.1. The van der Waals surface area contributed by atoms with Crippen molar-refractivity contribution in [2.75, 3.05) is 38.7 Å². The minimum Gasteiger partial charge on any atom is -0.490 e. The van der Waals surface area contributed by atoms with Crippen LogP contribution in [0.1, 0.15) is 62.1 Å². The van der Waals surface area contributed by atoms with Gasteiger partial charge in [0, 0.05) is 65.7 Å². The van der Waals surface area contributed by atoms with E-state index in [0.29, 0.717) is 47.1 Å². The van der Waals surface area contributed by atoms with E-state index in [-0.39, 0.29) is 5.75 Å². The molecule has 1 aromatic carbocycles. The molecule has 0 spiro atoms. The van der Waals surface area contributed by atoms with Gasteiger partial charge in [0.15, 0.2) is 17.7 Å². The van der Waals surface area contributed by atoms with Crippen molar-refractivity contribution in [2.24, 2.45) is 7.05 Å². The Morgan fingerprint density at radius 2 is 1.98 bits per heavy atom. The SMILES string of the molecule is Cc1nc2c(cc(-c3ccnc(N4CC[C@@H](N(C)C)C4)c3)n2C)c(-c2cc(F)c3c(c2C)CCCO3)c1[C@H](OC(C)(C)C)C(=O)O. The molecule has 2 aliphatic heterocycles. The number of hydrogen-bond acceptors (Lipinski definition) is 7. The number of aryl methyl sites for hydroxylation is 2. The highest BCUT2D eigenvalue weighted by molar-refractivity contribution is 6.01. The van der Waals surface area contributed by atoms with Crippen LogP contribution in [-0.2, 0) is 23.0 Å². The van der Waals surface area contributed by atoms with Crippen LogP contribution < -0.4 is 9.64 Å². The van der Waals surface area contributed by atoms with Crippen LogP contribution in [0.4, 0.5) is 10.2 Å². The zero-order valence-electron chi connectivity index (χ0n) is 28.1. The number of aliphatic carboxylic acids is 1. The summed E-state index contributed by atoms with van der Waals surface area (Å²) in [5.74, 6) is -0.386. The van der Waals surface area contributed by atoms with Gasteiger partial charge in [0.2, 0.25) is 0 Å². The molecule has 2 aliphatic rings. The predicted molar refractivity (Wildman–Crippen MR) is 178 cm³/mol. The van der Waals surface area contributed by atoms with E-state index in [2.05, 4.69) is 30.0 Å². The topological polar surface area (TPSA) is 93.0 Å². The summed E-state index contributed by atoms with van der Waals surface area (Å²) in [6.45, 7) is 11.6. The second-order valence-electron chi connectivity index (χ2n) is 13.8. The number of benzene rings is 1. The molecule has 0 amide bonds. The number of ether oxygens (including phenoxy) is 2. The van der Waals surface area contributed by atoms with Crippen LogP contribution in [-0.4, -0.2) is 75.9 Å². The first-order valence-electron chi connectivity index (χ1n) is 16.0. The summed E-state index contributed by atoms with van der Waals surface area (Å²) in [5, 5.41) is 11.3. The van der Waals surface area contributed by atoms with Gasteiger partial charge in [0.25, 0.3) is 0 Å². The van der Waals surface area contributed by atoms with E-state index < -0.39 is 23.5 Å². The zero-order chi connectivity index (χ0) is 33.1. The highest BCUT2D eigenvalue weighted by Gasteiger charge is 2.35. The molecule has 0 unspecified atom stereocenters. The van der Waals surface area contributed by atoms with Crippen molar-refractivity contribution < 1.29 is 23.8 Å². The number of aromatic nitrogens is 3. The molecule has 5 heterocycles. The lowest BCUT2D eigenvalue weighted by molar-refractivity contribution is -0.160. The first kappa shape index (κ1) is 31.9. The smallest absolute Gasteiger partial charge is 0.337 e. The molecule has 4 aromatic rings. The predicted octanol–water partition coefficient (Wildman–Crippen LogP) is 6.46. The van der Waals surface area contributed by atoms with E-state index in [1.165, 1.54) is 6.07 Å². The quantitative estimate of drug-likeness (QED) is 0.249. The summed E-state index contributed by atoms with van der Waals surface area (Å²) in [6, 6.07) is 8.08. The fourth-order valence-electron chi connectivity index (χ4n) is 6.97. The number of fused-ring (bicyclic) bond motifs is 2. The normalized spacial score (nSPS) is 17.4. The molecule has 3 aromatic heterocycles. The van der Waals surface area contributed by atoms with Crippen LogP contribution in [0.25, 0.3) is 33.4 Å². The van der Waals surface area contributed by atoms with Crippen molar-refractivity contribution >= 4 is 22.8 Å². The average Bonchev–Trinajstić information content (AvgIpc) is 3.63. The second kappa shape index (κ2) is 12.0. The van der Waals surface area contributed by atoms with Gasteiger partial charge in [-0.15, -0.1) is 0 Å². The maximum atomic E-state index is 15.8.